The van der Waals surface area contributed by atoms with Gasteiger partial charge in [-0.25, -0.2) is 0 Å². The Morgan fingerprint density at radius 1 is 1.17 bits per heavy atom. The van der Waals surface area contributed by atoms with Gasteiger partial charge in [0.2, 0.25) is 0 Å². The number of nitrogens with zero attached hydrogens (tertiary/aromatic N) is 1. The topological polar surface area (TPSA) is 15.3 Å². The van der Waals surface area contributed by atoms with E-state index >= 15 is 0 Å². The van der Waals surface area contributed by atoms with Gasteiger partial charge in [0.1, 0.15) is 0 Å². The van der Waals surface area contributed by atoms with Crippen LogP contribution in [0, 0.1) is 0 Å². The smallest absolute Gasteiger partial charge is 0.0220 e. The molecule has 18 heavy (non-hydrogen) atoms. The maximum atomic E-state index is 3.69. The molecule has 108 valence electrons. The van der Waals surface area contributed by atoms with Crippen LogP contribution in [0.1, 0.15) is 72.6 Å². The van der Waals surface area contributed by atoms with Crippen molar-refractivity contribution >= 4 is 0 Å². The highest BCUT2D eigenvalue weighted by Gasteiger charge is 2.24. The van der Waals surface area contributed by atoms with E-state index in [1.807, 2.05) is 0 Å². The minimum Gasteiger partial charge on any atom is -0.311 e. The van der Waals surface area contributed by atoms with Crippen LogP contribution in [0.4, 0.5) is 0 Å². The predicted molar refractivity (Wildman–Crippen MR) is 81.1 cm³/mol. The van der Waals surface area contributed by atoms with E-state index in [0.717, 1.165) is 12.6 Å². The molecule has 1 atom stereocenters. The summed E-state index contributed by atoms with van der Waals surface area (Å²) in [5.74, 6) is 0. The Hall–Kier alpha value is -0.0800. The lowest BCUT2D eigenvalue weighted by molar-refractivity contribution is 0.123. The molecule has 1 rings (SSSR count). The molecule has 0 aliphatic heterocycles. The lowest BCUT2D eigenvalue weighted by atomic mass is 9.93. The molecule has 0 aromatic rings. The predicted octanol–water partition coefficient (Wildman–Crippen LogP) is 3.81. The van der Waals surface area contributed by atoms with Gasteiger partial charge in [-0.2, -0.15) is 0 Å². The van der Waals surface area contributed by atoms with Crippen LogP contribution in [0.2, 0.25) is 0 Å². The molecule has 0 bridgehead atoms. The van der Waals surface area contributed by atoms with E-state index in [2.05, 4.69) is 45.0 Å². The number of rotatable bonds is 6. The summed E-state index contributed by atoms with van der Waals surface area (Å²) in [5, 5.41) is 3.69. The van der Waals surface area contributed by atoms with Gasteiger partial charge in [0.25, 0.3) is 0 Å². The van der Waals surface area contributed by atoms with Crippen molar-refractivity contribution in [3.8, 4) is 0 Å². The molecule has 0 saturated heterocycles. The molecule has 1 saturated carbocycles. The van der Waals surface area contributed by atoms with Crippen molar-refractivity contribution in [3.05, 3.63) is 0 Å². The first-order chi connectivity index (χ1) is 8.44. The first-order valence-electron chi connectivity index (χ1n) is 7.91. The summed E-state index contributed by atoms with van der Waals surface area (Å²) in [6, 6.07) is 1.54. The van der Waals surface area contributed by atoms with Gasteiger partial charge in [-0.05, 0) is 47.1 Å². The lowest BCUT2D eigenvalue weighted by Crippen LogP contribution is -2.49. The quantitative estimate of drug-likeness (QED) is 0.775. The third-order valence-electron chi connectivity index (χ3n) is 4.22. The Kier molecular flexibility index (Phi) is 6.65. The molecule has 0 aromatic carbocycles. The van der Waals surface area contributed by atoms with Crippen molar-refractivity contribution in [1.82, 2.24) is 10.2 Å². The lowest BCUT2D eigenvalue weighted by Gasteiger charge is -2.38. The normalized spacial score (nSPS) is 20.3. The van der Waals surface area contributed by atoms with Gasteiger partial charge in [-0.15, -0.1) is 0 Å². The van der Waals surface area contributed by atoms with Gasteiger partial charge >= 0.3 is 0 Å². The Bertz CT molecular complexity index is 214. The third-order valence-corrected chi connectivity index (χ3v) is 4.22. The number of hydrogen-bond acceptors (Lipinski definition) is 2. The molecule has 1 aliphatic rings. The highest BCUT2D eigenvalue weighted by molar-refractivity contribution is 4.82. The summed E-state index contributed by atoms with van der Waals surface area (Å²) >= 11 is 0. The second kappa shape index (κ2) is 7.49. The SMILES string of the molecule is CCCC(CNC(C)(C)C)N(C)C1CCCCC1. The second-order valence-corrected chi connectivity index (χ2v) is 7.03. The average molecular weight is 254 g/mol. The standard InChI is InChI=1S/C16H34N2/c1-6-10-15(13-17-16(2,3)4)18(5)14-11-8-7-9-12-14/h14-15,17H,6-13H2,1-5H3. The number of likely N-dealkylation sites (N-methyl/N-ethyl adjacent to an activating group) is 1. The molecular formula is C16H34N2. The van der Waals surface area contributed by atoms with E-state index in [0.29, 0.717) is 6.04 Å². The highest BCUT2D eigenvalue weighted by Crippen LogP contribution is 2.24. The molecule has 1 aliphatic carbocycles. The molecule has 2 nitrogen and oxygen atoms in total. The summed E-state index contributed by atoms with van der Waals surface area (Å²) in [7, 11) is 2.35. The van der Waals surface area contributed by atoms with E-state index in [1.54, 1.807) is 0 Å². The van der Waals surface area contributed by atoms with Gasteiger partial charge in [0, 0.05) is 24.2 Å². The Balaban J connectivity index is 2.48. The fourth-order valence-corrected chi connectivity index (χ4v) is 2.99. The second-order valence-electron chi connectivity index (χ2n) is 7.03. The monoisotopic (exact) mass is 254 g/mol. The van der Waals surface area contributed by atoms with Crippen LogP contribution < -0.4 is 5.32 Å². The number of nitrogens with one attached hydrogen (secondary N) is 1. The third kappa shape index (κ3) is 5.71. The van der Waals surface area contributed by atoms with E-state index in [-0.39, 0.29) is 5.54 Å². The average Bonchev–Trinajstić information content (AvgIpc) is 2.33. The summed E-state index contributed by atoms with van der Waals surface area (Å²) in [4.78, 5) is 2.67. The first kappa shape index (κ1) is 16.0. The van der Waals surface area contributed by atoms with E-state index in [1.165, 1.54) is 44.9 Å². The molecule has 1 unspecified atom stereocenters. The van der Waals surface area contributed by atoms with Gasteiger partial charge in [-0.1, -0.05) is 32.6 Å². The zero-order chi connectivity index (χ0) is 13.6. The molecular weight excluding hydrogens is 220 g/mol. The van der Waals surface area contributed by atoms with Crippen LogP contribution in [-0.4, -0.2) is 36.1 Å². The van der Waals surface area contributed by atoms with E-state index < -0.39 is 0 Å². The van der Waals surface area contributed by atoms with E-state index in [9.17, 15) is 0 Å². The summed E-state index contributed by atoms with van der Waals surface area (Å²) in [6.45, 7) is 10.2. The van der Waals surface area contributed by atoms with Crippen molar-refractivity contribution < 1.29 is 0 Å². The van der Waals surface area contributed by atoms with Crippen molar-refractivity contribution in [1.29, 1.82) is 0 Å². The summed E-state index contributed by atoms with van der Waals surface area (Å²) in [6.07, 6.45) is 9.73. The molecule has 0 aromatic heterocycles. The molecule has 0 amide bonds. The molecule has 0 spiro atoms. The van der Waals surface area contributed by atoms with Crippen molar-refractivity contribution in [2.75, 3.05) is 13.6 Å². The largest absolute Gasteiger partial charge is 0.311 e. The molecule has 0 radical (unpaired) electrons. The van der Waals surface area contributed by atoms with E-state index in [4.69, 9.17) is 0 Å². The first-order valence-corrected chi connectivity index (χ1v) is 7.91. The Labute approximate surface area is 115 Å². The number of hydrogen-bond donors (Lipinski definition) is 1. The minimum absolute atomic E-state index is 0.236. The zero-order valence-corrected chi connectivity index (χ0v) is 13.3. The fraction of sp³-hybridized carbons (Fsp3) is 1.00. The maximum Gasteiger partial charge on any atom is 0.0220 e. The Morgan fingerprint density at radius 3 is 2.28 bits per heavy atom. The van der Waals surface area contributed by atoms with Crippen molar-refractivity contribution in [2.24, 2.45) is 0 Å². The van der Waals surface area contributed by atoms with Crippen LogP contribution in [0.25, 0.3) is 0 Å². The summed E-state index contributed by atoms with van der Waals surface area (Å²) in [5.41, 5.74) is 0.236. The molecule has 1 fully saturated rings. The fourth-order valence-electron chi connectivity index (χ4n) is 2.99. The van der Waals surface area contributed by atoms with Crippen LogP contribution in [0.5, 0.6) is 0 Å². The van der Waals surface area contributed by atoms with Crippen LogP contribution in [-0.2, 0) is 0 Å². The van der Waals surface area contributed by atoms with Gasteiger partial charge in [0.15, 0.2) is 0 Å². The van der Waals surface area contributed by atoms with Crippen LogP contribution in [0.15, 0.2) is 0 Å². The Morgan fingerprint density at radius 2 is 1.78 bits per heavy atom. The van der Waals surface area contributed by atoms with Crippen molar-refractivity contribution in [2.45, 2.75) is 90.3 Å². The molecule has 1 N–H and O–H groups in total. The van der Waals surface area contributed by atoms with Gasteiger partial charge in [-0.3, -0.25) is 4.90 Å². The van der Waals surface area contributed by atoms with Gasteiger partial charge in [0.05, 0.1) is 0 Å². The maximum absolute atomic E-state index is 3.69. The summed E-state index contributed by atoms with van der Waals surface area (Å²) < 4.78 is 0. The van der Waals surface area contributed by atoms with Crippen molar-refractivity contribution in [3.63, 3.8) is 0 Å². The van der Waals surface area contributed by atoms with Crippen LogP contribution >= 0.6 is 0 Å². The van der Waals surface area contributed by atoms with Crippen LogP contribution in [0.3, 0.4) is 0 Å². The minimum atomic E-state index is 0.236. The molecule has 0 heterocycles. The van der Waals surface area contributed by atoms with Gasteiger partial charge < -0.3 is 5.32 Å². The zero-order valence-electron chi connectivity index (χ0n) is 13.3. The molecule has 2 heteroatoms. The highest BCUT2D eigenvalue weighted by atomic mass is 15.2.